The summed E-state index contributed by atoms with van der Waals surface area (Å²) in [4.78, 5) is 64.0. The third-order valence-corrected chi connectivity index (χ3v) is 12.8. The molecule has 6 fully saturated rings. The first kappa shape index (κ1) is 43.0. The van der Waals surface area contributed by atoms with E-state index in [1.807, 2.05) is 0 Å². The summed E-state index contributed by atoms with van der Waals surface area (Å²) < 4.78 is 16.9. The minimum atomic E-state index is -0.909. The molecule has 17 nitrogen and oxygen atoms in total. The minimum absolute atomic E-state index is 0.0239. The summed E-state index contributed by atoms with van der Waals surface area (Å²) in [6.45, 7) is 9.39. The molecule has 0 spiro atoms. The molecule has 6 aliphatic rings. The standard InChI is InChI=1S/C39H67N9O8/c1-3-25(4-2)30-23-33(48-32(45-30)12-13-43-48)44-27-9-8-26(22-27)42-24-35(50)41-15-17-55-19-21-56-20-18-54-16-14-40-29-7-5-6-28-36(29)39(53)47(38(28)52)31-10-11-34(49)46-37(31)51/h25-33,36,40,42-45H,3-24H2,1-2H3,(H,41,50)(H,46,49,51)/t26-,27-,28?,29?,30?,31?,32?,33?,36?/m0/s1. The van der Waals surface area contributed by atoms with Crippen molar-refractivity contribution in [3.8, 4) is 0 Å². The van der Waals surface area contributed by atoms with Gasteiger partial charge in [0.1, 0.15) is 6.04 Å². The summed E-state index contributed by atoms with van der Waals surface area (Å²) in [7, 11) is 0. The number of ether oxygens (including phenoxy) is 3. The third kappa shape index (κ3) is 11.1. The van der Waals surface area contributed by atoms with Gasteiger partial charge in [-0.2, -0.15) is 0 Å². The second-order valence-electron chi connectivity index (χ2n) is 16.3. The molecule has 6 rings (SSSR count). The summed E-state index contributed by atoms with van der Waals surface area (Å²) in [5.74, 6) is -1.82. The summed E-state index contributed by atoms with van der Waals surface area (Å²) in [6.07, 6.45) is 11.1. The topological polar surface area (TPSA) is 204 Å². The van der Waals surface area contributed by atoms with Crippen molar-refractivity contribution in [1.82, 2.24) is 47.2 Å². The van der Waals surface area contributed by atoms with Crippen LogP contribution in [0.25, 0.3) is 0 Å². The van der Waals surface area contributed by atoms with E-state index in [4.69, 9.17) is 14.2 Å². The highest BCUT2D eigenvalue weighted by molar-refractivity contribution is 6.11. The van der Waals surface area contributed by atoms with Crippen molar-refractivity contribution < 1.29 is 38.2 Å². The Kier molecular flexibility index (Phi) is 16.4. The average molecular weight is 790 g/mol. The monoisotopic (exact) mass is 790 g/mol. The number of fused-ring (bicyclic) bond motifs is 2. The molecule has 17 heteroatoms. The normalized spacial score (nSPS) is 32.3. The minimum Gasteiger partial charge on any atom is -0.378 e. The van der Waals surface area contributed by atoms with Gasteiger partial charge < -0.3 is 30.2 Å². The fraction of sp³-hybridized carbons (Fsp3) is 0.872. The number of nitrogens with zero attached hydrogens (tertiary/aromatic N) is 2. The van der Waals surface area contributed by atoms with Crippen LogP contribution in [0.5, 0.6) is 0 Å². The number of hydrogen-bond acceptors (Lipinski definition) is 14. The second kappa shape index (κ2) is 21.4. The highest BCUT2D eigenvalue weighted by Crippen LogP contribution is 2.40. The molecule has 5 amide bonds. The summed E-state index contributed by atoms with van der Waals surface area (Å²) in [6, 6.07) is 0.245. The number of likely N-dealkylation sites (tertiary alicyclic amines) is 1. The molecular weight excluding hydrogens is 722 g/mol. The second-order valence-corrected chi connectivity index (χ2v) is 16.3. The van der Waals surface area contributed by atoms with E-state index in [1.165, 1.54) is 12.8 Å². The van der Waals surface area contributed by atoms with E-state index in [1.54, 1.807) is 0 Å². The molecule has 0 aromatic heterocycles. The largest absolute Gasteiger partial charge is 0.378 e. The first-order valence-corrected chi connectivity index (χ1v) is 21.5. The van der Waals surface area contributed by atoms with Crippen molar-refractivity contribution in [1.29, 1.82) is 0 Å². The molecule has 4 saturated heterocycles. The molecule has 7 N–H and O–H groups in total. The van der Waals surface area contributed by atoms with Crippen LogP contribution in [0.15, 0.2) is 0 Å². The molecule has 0 radical (unpaired) electrons. The van der Waals surface area contributed by atoms with Crippen molar-refractivity contribution in [2.45, 2.75) is 133 Å². The lowest BCUT2D eigenvalue weighted by atomic mass is 9.77. The summed E-state index contributed by atoms with van der Waals surface area (Å²) >= 11 is 0. The number of carbonyl (C=O) groups is 5. The van der Waals surface area contributed by atoms with Gasteiger partial charge in [0.15, 0.2) is 0 Å². The molecule has 9 atom stereocenters. The van der Waals surface area contributed by atoms with Crippen LogP contribution in [0.3, 0.4) is 0 Å². The predicted molar refractivity (Wildman–Crippen MR) is 206 cm³/mol. The van der Waals surface area contributed by atoms with Gasteiger partial charge in [0.25, 0.3) is 0 Å². The number of hydrogen-bond donors (Lipinski definition) is 7. The van der Waals surface area contributed by atoms with Gasteiger partial charge in [0.2, 0.25) is 29.5 Å². The maximum atomic E-state index is 13.3. The van der Waals surface area contributed by atoms with Crippen LogP contribution < -0.4 is 37.3 Å². The lowest BCUT2D eigenvalue weighted by Gasteiger charge is -2.45. The molecule has 4 heterocycles. The van der Waals surface area contributed by atoms with Crippen LogP contribution in [-0.2, 0) is 38.2 Å². The Balaban J connectivity index is 0.745. The molecule has 4 aliphatic heterocycles. The Morgan fingerprint density at radius 1 is 0.821 bits per heavy atom. The number of hydrazine groups is 1. The highest BCUT2D eigenvalue weighted by Gasteiger charge is 2.55. The van der Waals surface area contributed by atoms with Crippen molar-refractivity contribution in [2.75, 3.05) is 65.8 Å². The van der Waals surface area contributed by atoms with Gasteiger partial charge in [-0.1, -0.05) is 33.1 Å². The zero-order valence-corrected chi connectivity index (χ0v) is 33.5. The van der Waals surface area contributed by atoms with Crippen LogP contribution >= 0.6 is 0 Å². The maximum Gasteiger partial charge on any atom is 0.249 e. The molecule has 0 aromatic rings. The third-order valence-electron chi connectivity index (χ3n) is 12.8. The molecule has 316 valence electrons. The van der Waals surface area contributed by atoms with E-state index in [-0.39, 0.29) is 42.5 Å². The van der Waals surface area contributed by atoms with Crippen LogP contribution in [0, 0.1) is 17.8 Å². The van der Waals surface area contributed by atoms with Crippen LogP contribution in [0.4, 0.5) is 0 Å². The number of rotatable bonds is 22. The average Bonchev–Trinajstić information content (AvgIpc) is 3.92. The van der Waals surface area contributed by atoms with E-state index in [9.17, 15) is 24.0 Å². The molecule has 2 saturated carbocycles. The van der Waals surface area contributed by atoms with Crippen molar-refractivity contribution >= 4 is 29.5 Å². The van der Waals surface area contributed by atoms with Gasteiger partial charge >= 0.3 is 0 Å². The Bertz CT molecular complexity index is 1340. The number of carbonyl (C=O) groups excluding carboxylic acids is 5. The van der Waals surface area contributed by atoms with Gasteiger partial charge in [-0.05, 0) is 57.3 Å². The summed E-state index contributed by atoms with van der Waals surface area (Å²) in [5, 5.41) is 22.3. The SMILES string of the molecule is CCC(CC)C1CC(N[C@H]2CC[C@H](NCC(=O)NCCOCCOCCOCCNC3CCCC4C(=O)N(C5CCC(=O)NC5=O)C(=O)C34)C2)N2NCCC2N1. The molecule has 0 bridgehead atoms. The smallest absolute Gasteiger partial charge is 0.249 e. The van der Waals surface area contributed by atoms with E-state index >= 15 is 0 Å². The molecule has 0 aromatic carbocycles. The van der Waals surface area contributed by atoms with Gasteiger partial charge in [0, 0.05) is 50.2 Å². The van der Waals surface area contributed by atoms with Gasteiger partial charge in [-0.25, -0.2) is 5.01 Å². The number of amides is 5. The Hall–Kier alpha value is -2.61. The zero-order valence-electron chi connectivity index (χ0n) is 33.5. The quantitative estimate of drug-likeness (QED) is 0.0545. The summed E-state index contributed by atoms with van der Waals surface area (Å²) in [5.41, 5.74) is 3.59. The van der Waals surface area contributed by atoms with Crippen LogP contribution in [0.2, 0.25) is 0 Å². The van der Waals surface area contributed by atoms with Crippen molar-refractivity contribution in [3.63, 3.8) is 0 Å². The van der Waals surface area contributed by atoms with Crippen molar-refractivity contribution in [3.05, 3.63) is 0 Å². The van der Waals surface area contributed by atoms with E-state index in [0.717, 1.165) is 56.4 Å². The Morgan fingerprint density at radius 2 is 1.55 bits per heavy atom. The van der Waals surface area contributed by atoms with Gasteiger partial charge in [0.05, 0.1) is 70.4 Å². The van der Waals surface area contributed by atoms with Gasteiger partial charge in [-0.3, -0.25) is 50.2 Å². The number of nitrogens with one attached hydrogen (secondary N) is 7. The van der Waals surface area contributed by atoms with E-state index in [2.05, 4.69) is 56.2 Å². The van der Waals surface area contributed by atoms with Crippen molar-refractivity contribution in [2.24, 2.45) is 17.8 Å². The van der Waals surface area contributed by atoms with Crippen LogP contribution in [0.1, 0.15) is 90.9 Å². The first-order chi connectivity index (χ1) is 27.3. The predicted octanol–water partition coefficient (Wildman–Crippen LogP) is -0.538. The lowest BCUT2D eigenvalue weighted by molar-refractivity contribution is -0.151. The zero-order chi connectivity index (χ0) is 39.4. The lowest BCUT2D eigenvalue weighted by Crippen LogP contribution is -2.66. The number of piperidine rings is 1. The first-order valence-electron chi connectivity index (χ1n) is 21.5. The molecule has 56 heavy (non-hydrogen) atoms. The van der Waals surface area contributed by atoms with Gasteiger partial charge in [-0.15, -0.1) is 0 Å². The Morgan fingerprint density at radius 3 is 2.30 bits per heavy atom. The molecular formula is C39H67N9O8. The Labute approximate surface area is 331 Å². The maximum absolute atomic E-state index is 13.3. The van der Waals surface area contributed by atoms with E-state index < -0.39 is 23.8 Å². The fourth-order valence-corrected chi connectivity index (χ4v) is 9.82. The number of imide groups is 2. The molecule has 7 unspecified atom stereocenters. The fourth-order valence-electron chi connectivity index (χ4n) is 9.82. The highest BCUT2D eigenvalue weighted by atomic mass is 16.5. The van der Waals surface area contributed by atoms with Crippen LogP contribution in [-0.4, -0.2) is 148 Å². The van der Waals surface area contributed by atoms with E-state index in [0.29, 0.717) is 102 Å². The molecule has 2 aliphatic carbocycles.